The van der Waals surface area contributed by atoms with Crippen molar-refractivity contribution in [2.24, 2.45) is 0 Å². The molecule has 108 valence electrons. The Morgan fingerprint density at radius 1 is 1.38 bits per heavy atom. The summed E-state index contributed by atoms with van der Waals surface area (Å²) in [6.07, 6.45) is 4.28. The number of H-pyrrole nitrogens is 1. The molecule has 0 aliphatic heterocycles. The largest absolute Gasteiger partial charge is 0.505 e. The van der Waals surface area contributed by atoms with Crippen LogP contribution >= 0.6 is 0 Å². The Kier molecular flexibility index (Phi) is 3.39. The van der Waals surface area contributed by atoms with Crippen LogP contribution < -0.4 is 10.9 Å². The van der Waals surface area contributed by atoms with E-state index in [1.54, 1.807) is 6.07 Å². The zero-order valence-corrected chi connectivity index (χ0v) is 11.1. The lowest BCUT2D eigenvalue weighted by Crippen LogP contribution is -2.44. The number of hydrogen-bond donors (Lipinski definition) is 3. The van der Waals surface area contributed by atoms with Crippen LogP contribution in [0, 0.1) is 0 Å². The van der Waals surface area contributed by atoms with Crippen molar-refractivity contribution in [3.63, 3.8) is 0 Å². The predicted octanol–water partition coefficient (Wildman–Crippen LogP) is 0.546. The maximum Gasteiger partial charge on any atom is 0.273 e. The lowest BCUT2D eigenvalue weighted by atomic mass is 9.78. The molecule has 7 heteroatoms. The highest BCUT2D eigenvalue weighted by Crippen LogP contribution is 2.35. The first-order valence-electron chi connectivity index (χ1n) is 6.63. The molecule has 0 unspecified atom stereocenters. The topological polar surface area (TPSA) is 108 Å². The van der Waals surface area contributed by atoms with E-state index in [2.05, 4.69) is 20.3 Å². The Bertz CT molecular complexity index is 722. The molecule has 2 aromatic heterocycles. The molecule has 3 N–H and O–H groups in total. The summed E-state index contributed by atoms with van der Waals surface area (Å²) in [5.41, 5.74) is 0.589. The van der Waals surface area contributed by atoms with Gasteiger partial charge in [0.2, 0.25) is 0 Å². The van der Waals surface area contributed by atoms with E-state index >= 15 is 0 Å². The standard InChI is InChI=1S/C14H14N4O3/c19-11-2-1-3-15-13(11)14(21)18-9-4-8(5-9)10-6-12(20)17-7-16-10/h1-3,6-9,19H,4-5H2,(H,18,21)(H,16,17,20). The fourth-order valence-electron chi connectivity index (χ4n) is 2.41. The highest BCUT2D eigenvalue weighted by atomic mass is 16.3. The maximum absolute atomic E-state index is 12.0. The van der Waals surface area contributed by atoms with Crippen LogP contribution in [0.5, 0.6) is 5.75 Å². The minimum atomic E-state index is -0.393. The Hall–Kier alpha value is -2.70. The summed E-state index contributed by atoms with van der Waals surface area (Å²) >= 11 is 0. The SMILES string of the molecule is O=C(NC1CC(c2cc(=O)[nH]cn2)C1)c1ncccc1O. The highest BCUT2D eigenvalue weighted by molar-refractivity contribution is 5.94. The van der Waals surface area contributed by atoms with Crippen molar-refractivity contribution >= 4 is 5.91 Å². The molecule has 0 bridgehead atoms. The van der Waals surface area contributed by atoms with Gasteiger partial charge < -0.3 is 15.4 Å². The Labute approximate surface area is 120 Å². The van der Waals surface area contributed by atoms with Crippen LogP contribution in [-0.2, 0) is 0 Å². The van der Waals surface area contributed by atoms with E-state index < -0.39 is 5.91 Å². The summed E-state index contributed by atoms with van der Waals surface area (Å²) in [5.74, 6) is -0.354. The molecule has 1 saturated carbocycles. The number of rotatable bonds is 3. The van der Waals surface area contributed by atoms with Crippen molar-refractivity contribution in [2.75, 3.05) is 0 Å². The molecule has 0 radical (unpaired) electrons. The highest BCUT2D eigenvalue weighted by Gasteiger charge is 2.33. The molecule has 0 atom stereocenters. The fraction of sp³-hybridized carbons (Fsp3) is 0.286. The van der Waals surface area contributed by atoms with Crippen molar-refractivity contribution in [3.8, 4) is 5.75 Å². The van der Waals surface area contributed by atoms with Gasteiger partial charge in [-0.05, 0) is 25.0 Å². The Balaban J connectivity index is 1.59. The molecule has 0 saturated heterocycles. The van der Waals surface area contributed by atoms with Crippen LogP contribution in [0.15, 0.2) is 35.5 Å². The fourth-order valence-corrected chi connectivity index (χ4v) is 2.41. The van der Waals surface area contributed by atoms with Gasteiger partial charge in [-0.3, -0.25) is 9.59 Å². The summed E-state index contributed by atoms with van der Waals surface area (Å²) in [5, 5.41) is 12.4. The molecule has 2 aromatic rings. The van der Waals surface area contributed by atoms with Crippen LogP contribution in [-0.4, -0.2) is 32.0 Å². The molecule has 1 aliphatic carbocycles. The first-order chi connectivity index (χ1) is 10.1. The average Bonchev–Trinajstić information content (AvgIpc) is 2.42. The van der Waals surface area contributed by atoms with Crippen molar-refractivity contribution in [2.45, 2.75) is 24.8 Å². The number of nitrogens with one attached hydrogen (secondary N) is 2. The molecular formula is C14H14N4O3. The minimum Gasteiger partial charge on any atom is -0.505 e. The lowest BCUT2D eigenvalue weighted by molar-refractivity contribution is 0.0900. The third-order valence-corrected chi connectivity index (χ3v) is 3.59. The van der Waals surface area contributed by atoms with Gasteiger partial charge in [0.25, 0.3) is 11.5 Å². The molecule has 0 spiro atoms. The van der Waals surface area contributed by atoms with Crippen LogP contribution in [0.25, 0.3) is 0 Å². The third kappa shape index (κ3) is 2.76. The molecule has 7 nitrogen and oxygen atoms in total. The zero-order valence-electron chi connectivity index (χ0n) is 11.1. The van der Waals surface area contributed by atoms with Gasteiger partial charge in [-0.1, -0.05) is 0 Å². The molecule has 1 fully saturated rings. The van der Waals surface area contributed by atoms with Crippen LogP contribution in [0.4, 0.5) is 0 Å². The summed E-state index contributed by atoms with van der Waals surface area (Å²) in [4.78, 5) is 33.6. The first kappa shape index (κ1) is 13.3. The van der Waals surface area contributed by atoms with E-state index in [1.807, 2.05) is 0 Å². The smallest absolute Gasteiger partial charge is 0.273 e. The zero-order chi connectivity index (χ0) is 14.8. The van der Waals surface area contributed by atoms with E-state index in [0.29, 0.717) is 0 Å². The van der Waals surface area contributed by atoms with Gasteiger partial charge in [0.15, 0.2) is 5.69 Å². The van der Waals surface area contributed by atoms with Crippen LogP contribution in [0.3, 0.4) is 0 Å². The van der Waals surface area contributed by atoms with E-state index in [1.165, 1.54) is 24.7 Å². The number of amides is 1. The number of pyridine rings is 1. The van der Waals surface area contributed by atoms with Gasteiger partial charge in [0.1, 0.15) is 5.75 Å². The number of aromatic hydroxyl groups is 1. The molecule has 3 rings (SSSR count). The molecule has 0 aromatic carbocycles. The summed E-state index contributed by atoms with van der Waals surface area (Å²) in [7, 11) is 0. The molecule has 1 amide bonds. The van der Waals surface area contributed by atoms with Gasteiger partial charge in [-0.15, -0.1) is 0 Å². The third-order valence-electron chi connectivity index (χ3n) is 3.59. The van der Waals surface area contributed by atoms with Gasteiger partial charge >= 0.3 is 0 Å². The van der Waals surface area contributed by atoms with Gasteiger partial charge in [-0.2, -0.15) is 0 Å². The second-order valence-corrected chi connectivity index (χ2v) is 5.05. The number of carbonyl (C=O) groups is 1. The molecule has 21 heavy (non-hydrogen) atoms. The first-order valence-corrected chi connectivity index (χ1v) is 6.63. The van der Waals surface area contributed by atoms with E-state index in [9.17, 15) is 14.7 Å². The Morgan fingerprint density at radius 2 is 2.19 bits per heavy atom. The second kappa shape index (κ2) is 5.35. The summed E-state index contributed by atoms with van der Waals surface area (Å²) in [6.45, 7) is 0. The Morgan fingerprint density at radius 3 is 2.90 bits per heavy atom. The summed E-state index contributed by atoms with van der Waals surface area (Å²) in [6, 6.07) is 4.47. The molecule has 2 heterocycles. The quantitative estimate of drug-likeness (QED) is 0.763. The summed E-state index contributed by atoms with van der Waals surface area (Å²) < 4.78 is 0. The van der Waals surface area contributed by atoms with E-state index in [4.69, 9.17) is 0 Å². The molecular weight excluding hydrogens is 272 g/mol. The van der Waals surface area contributed by atoms with Crippen molar-refractivity contribution in [3.05, 3.63) is 52.5 Å². The van der Waals surface area contributed by atoms with Gasteiger partial charge in [0, 0.05) is 24.2 Å². The number of nitrogens with zero attached hydrogens (tertiary/aromatic N) is 2. The van der Waals surface area contributed by atoms with Crippen molar-refractivity contribution in [1.82, 2.24) is 20.3 Å². The van der Waals surface area contributed by atoms with Crippen molar-refractivity contribution in [1.29, 1.82) is 0 Å². The predicted molar refractivity (Wildman–Crippen MR) is 74.0 cm³/mol. The number of aromatic nitrogens is 3. The lowest BCUT2D eigenvalue weighted by Gasteiger charge is -2.35. The minimum absolute atomic E-state index is 0.00462. The number of hydrogen-bond acceptors (Lipinski definition) is 5. The number of carbonyl (C=O) groups excluding carboxylic acids is 1. The molecule has 1 aliphatic rings. The van der Waals surface area contributed by atoms with Crippen LogP contribution in [0.2, 0.25) is 0 Å². The average molecular weight is 286 g/mol. The van der Waals surface area contributed by atoms with E-state index in [0.717, 1.165) is 18.5 Å². The van der Waals surface area contributed by atoms with Gasteiger partial charge in [0.05, 0.1) is 12.0 Å². The normalized spacial score (nSPS) is 20.6. The monoisotopic (exact) mass is 286 g/mol. The van der Waals surface area contributed by atoms with Crippen molar-refractivity contribution < 1.29 is 9.90 Å². The van der Waals surface area contributed by atoms with Crippen LogP contribution in [0.1, 0.15) is 34.9 Å². The van der Waals surface area contributed by atoms with Gasteiger partial charge in [-0.25, -0.2) is 9.97 Å². The second-order valence-electron chi connectivity index (χ2n) is 5.05. The van der Waals surface area contributed by atoms with E-state index in [-0.39, 0.29) is 29.0 Å². The number of aromatic amines is 1. The maximum atomic E-state index is 12.0.